The molecule has 8 nitrogen and oxygen atoms in total. The predicted molar refractivity (Wildman–Crippen MR) is 107 cm³/mol. The summed E-state index contributed by atoms with van der Waals surface area (Å²) in [4.78, 5) is 3.02. The van der Waals surface area contributed by atoms with Crippen molar-refractivity contribution in [2.45, 2.75) is 69.7 Å². The summed E-state index contributed by atoms with van der Waals surface area (Å²) in [5.41, 5.74) is 10.2. The van der Waals surface area contributed by atoms with Crippen LogP contribution in [-0.4, -0.2) is 49.6 Å². The Morgan fingerprint density at radius 3 is 2.83 bits per heavy atom. The Balaban J connectivity index is 1.79. The first-order valence-corrected chi connectivity index (χ1v) is 9.93. The summed E-state index contributed by atoms with van der Waals surface area (Å²) in [6.07, 6.45) is 1.39. The Hall–Kier alpha value is -1.93. The summed E-state index contributed by atoms with van der Waals surface area (Å²) in [5.74, 6) is -0.780. The molecular weight excluding hydrogens is 374 g/mol. The van der Waals surface area contributed by atoms with Crippen molar-refractivity contribution in [2.75, 3.05) is 13.2 Å². The summed E-state index contributed by atoms with van der Waals surface area (Å²) in [7, 11) is 0. The third kappa shape index (κ3) is 5.79. The number of rotatable bonds is 9. The van der Waals surface area contributed by atoms with Gasteiger partial charge < -0.3 is 23.7 Å². The van der Waals surface area contributed by atoms with Crippen molar-refractivity contribution in [1.82, 2.24) is 0 Å². The second-order valence-corrected chi connectivity index (χ2v) is 7.59. The Kier molecular flexibility index (Phi) is 7.66. The van der Waals surface area contributed by atoms with Gasteiger partial charge in [-0.1, -0.05) is 41.5 Å². The van der Waals surface area contributed by atoms with Gasteiger partial charge in [0.2, 0.25) is 0 Å². The van der Waals surface area contributed by atoms with Gasteiger partial charge in [0.1, 0.15) is 24.4 Å². The Labute approximate surface area is 171 Å². The second-order valence-electron chi connectivity index (χ2n) is 7.59. The third-order valence-corrected chi connectivity index (χ3v) is 4.93. The zero-order valence-corrected chi connectivity index (χ0v) is 17.0. The highest BCUT2D eigenvalue weighted by Gasteiger charge is 2.52. The fourth-order valence-corrected chi connectivity index (χ4v) is 3.52. The van der Waals surface area contributed by atoms with Crippen LogP contribution in [0.4, 0.5) is 0 Å². The molecule has 0 aliphatic carbocycles. The number of hydrogen-bond acceptors (Lipinski definition) is 6. The summed E-state index contributed by atoms with van der Waals surface area (Å²) in [5, 5.41) is 3.96. The van der Waals surface area contributed by atoms with Crippen LogP contribution in [0.1, 0.15) is 32.3 Å². The lowest BCUT2D eigenvalue weighted by molar-refractivity contribution is -0.371. The maximum Gasteiger partial charge on any atom is 0.169 e. The van der Waals surface area contributed by atoms with Crippen LogP contribution in [0.3, 0.4) is 0 Å². The highest BCUT2D eigenvalue weighted by Crippen LogP contribution is 2.36. The van der Waals surface area contributed by atoms with Crippen LogP contribution in [0.5, 0.6) is 0 Å². The number of allylic oxidation sites excluding steroid dienone is 1. The molecular formula is C21H29N3O5. The molecule has 1 aromatic rings. The van der Waals surface area contributed by atoms with E-state index in [0.717, 1.165) is 18.4 Å². The van der Waals surface area contributed by atoms with Gasteiger partial charge in [-0.15, -0.1) is 6.58 Å². The first kappa shape index (κ1) is 21.8. The normalized spacial score (nSPS) is 30.8. The van der Waals surface area contributed by atoms with E-state index >= 15 is 0 Å². The molecule has 0 spiro atoms. The molecule has 3 rings (SSSR count). The molecule has 29 heavy (non-hydrogen) atoms. The van der Waals surface area contributed by atoms with Crippen molar-refractivity contribution < 1.29 is 23.7 Å². The summed E-state index contributed by atoms with van der Waals surface area (Å²) in [6.45, 7) is 8.58. The van der Waals surface area contributed by atoms with Gasteiger partial charge in [0, 0.05) is 4.91 Å². The standard InChI is InChI=1S/C21H29N3O5/c1-4-5-9-12-25-20-17(23-24-22)19(26-13-15-10-7-6-8-11-15)18-16(28-20)14-27-21(2,3)29-18/h4,6-8,10-11,16-20H,1,5,9,12-14H2,2-3H3/t16-,17-,18-,19-,20-/m1/s1. The Morgan fingerprint density at radius 1 is 1.31 bits per heavy atom. The monoisotopic (exact) mass is 403 g/mol. The van der Waals surface area contributed by atoms with Crippen LogP contribution in [0, 0.1) is 0 Å². The first-order chi connectivity index (χ1) is 14.0. The predicted octanol–water partition coefficient (Wildman–Crippen LogP) is 4.11. The molecule has 0 radical (unpaired) electrons. The average molecular weight is 403 g/mol. The lowest BCUT2D eigenvalue weighted by Gasteiger charge is -2.50. The van der Waals surface area contributed by atoms with E-state index in [4.69, 9.17) is 29.2 Å². The SMILES string of the molecule is C=CCCCO[C@@H]1O[C@@H]2COC(C)(C)O[C@H]2[C@H](OCc2ccccc2)[C@H]1N=[N+]=[N-]. The summed E-state index contributed by atoms with van der Waals surface area (Å²) in [6, 6.07) is 9.15. The van der Waals surface area contributed by atoms with Crippen LogP contribution >= 0.6 is 0 Å². The second kappa shape index (κ2) is 10.2. The zero-order valence-electron chi connectivity index (χ0n) is 17.0. The van der Waals surface area contributed by atoms with Crippen molar-refractivity contribution >= 4 is 0 Å². The zero-order chi connectivity index (χ0) is 20.7. The average Bonchev–Trinajstić information content (AvgIpc) is 2.71. The van der Waals surface area contributed by atoms with Crippen LogP contribution in [0.2, 0.25) is 0 Å². The van der Waals surface area contributed by atoms with Crippen LogP contribution in [-0.2, 0) is 30.3 Å². The minimum absolute atomic E-state index is 0.346. The molecule has 8 heteroatoms. The van der Waals surface area contributed by atoms with E-state index < -0.39 is 30.3 Å². The summed E-state index contributed by atoms with van der Waals surface area (Å²) < 4.78 is 30.1. The smallest absolute Gasteiger partial charge is 0.169 e. The highest BCUT2D eigenvalue weighted by atomic mass is 16.8. The number of azide groups is 1. The number of hydrogen-bond donors (Lipinski definition) is 0. The van der Waals surface area contributed by atoms with Crippen molar-refractivity contribution in [3.8, 4) is 0 Å². The lowest BCUT2D eigenvalue weighted by atomic mass is 9.95. The Morgan fingerprint density at radius 2 is 2.10 bits per heavy atom. The largest absolute Gasteiger partial charge is 0.370 e. The van der Waals surface area contributed by atoms with E-state index in [2.05, 4.69) is 16.6 Å². The van der Waals surface area contributed by atoms with E-state index in [1.54, 1.807) is 0 Å². The topological polar surface area (TPSA) is 94.9 Å². The van der Waals surface area contributed by atoms with Crippen LogP contribution in [0.15, 0.2) is 48.1 Å². The molecule has 2 aliphatic heterocycles. The molecule has 0 aromatic heterocycles. The molecule has 2 aliphatic rings. The van der Waals surface area contributed by atoms with Crippen molar-refractivity contribution in [1.29, 1.82) is 0 Å². The van der Waals surface area contributed by atoms with Gasteiger partial charge in [0.25, 0.3) is 0 Å². The van der Waals surface area contributed by atoms with Gasteiger partial charge in [-0.25, -0.2) is 0 Å². The number of fused-ring (bicyclic) bond motifs is 1. The molecule has 1 aromatic carbocycles. The highest BCUT2D eigenvalue weighted by molar-refractivity contribution is 5.13. The molecule has 2 saturated heterocycles. The van der Waals surface area contributed by atoms with E-state index in [1.807, 2.05) is 50.3 Å². The minimum Gasteiger partial charge on any atom is -0.370 e. The molecule has 5 atom stereocenters. The van der Waals surface area contributed by atoms with E-state index in [9.17, 15) is 0 Å². The molecule has 0 amide bonds. The van der Waals surface area contributed by atoms with Gasteiger partial charge >= 0.3 is 0 Å². The van der Waals surface area contributed by atoms with Gasteiger partial charge in [-0.2, -0.15) is 0 Å². The van der Waals surface area contributed by atoms with E-state index in [0.29, 0.717) is 19.8 Å². The van der Waals surface area contributed by atoms with Gasteiger partial charge in [0.15, 0.2) is 12.1 Å². The van der Waals surface area contributed by atoms with Crippen LogP contribution in [0.25, 0.3) is 10.4 Å². The Bertz CT molecular complexity index is 708. The van der Waals surface area contributed by atoms with Gasteiger partial charge in [-0.05, 0) is 37.8 Å². The van der Waals surface area contributed by atoms with Gasteiger partial charge in [-0.3, -0.25) is 0 Å². The van der Waals surface area contributed by atoms with Gasteiger partial charge in [0.05, 0.1) is 19.8 Å². The molecule has 2 fully saturated rings. The fraction of sp³-hybridized carbons (Fsp3) is 0.619. The fourth-order valence-electron chi connectivity index (χ4n) is 3.52. The van der Waals surface area contributed by atoms with Crippen molar-refractivity contribution in [3.63, 3.8) is 0 Å². The quantitative estimate of drug-likeness (QED) is 0.203. The molecule has 0 N–H and O–H groups in total. The molecule has 0 saturated carbocycles. The molecule has 158 valence electrons. The number of benzene rings is 1. The van der Waals surface area contributed by atoms with Crippen molar-refractivity contribution in [2.24, 2.45) is 5.11 Å². The van der Waals surface area contributed by atoms with Crippen molar-refractivity contribution in [3.05, 3.63) is 59.0 Å². The number of nitrogens with zero attached hydrogens (tertiary/aromatic N) is 3. The maximum atomic E-state index is 9.16. The third-order valence-electron chi connectivity index (χ3n) is 4.93. The molecule has 0 unspecified atom stereocenters. The number of ether oxygens (including phenoxy) is 5. The summed E-state index contributed by atoms with van der Waals surface area (Å²) >= 11 is 0. The number of unbranched alkanes of at least 4 members (excludes halogenated alkanes) is 1. The first-order valence-electron chi connectivity index (χ1n) is 9.93. The molecule has 0 bridgehead atoms. The lowest BCUT2D eigenvalue weighted by Crippen LogP contribution is -2.64. The minimum atomic E-state index is -0.780. The maximum absolute atomic E-state index is 9.16. The molecule has 2 heterocycles. The van der Waals surface area contributed by atoms with E-state index in [1.165, 1.54) is 0 Å². The van der Waals surface area contributed by atoms with Crippen LogP contribution < -0.4 is 0 Å². The van der Waals surface area contributed by atoms with E-state index in [-0.39, 0.29) is 6.10 Å².